The summed E-state index contributed by atoms with van der Waals surface area (Å²) in [7, 11) is -3.62. The van der Waals surface area contributed by atoms with E-state index in [1.54, 1.807) is 22.5 Å². The van der Waals surface area contributed by atoms with Crippen LogP contribution >= 0.6 is 11.6 Å². The molecule has 3 fully saturated rings. The molecule has 246 valence electrons. The van der Waals surface area contributed by atoms with Gasteiger partial charge in [-0.1, -0.05) is 22.8 Å². The van der Waals surface area contributed by atoms with Crippen LogP contribution in [0.2, 0.25) is 5.02 Å². The molecule has 2 aromatic rings. The fraction of sp³-hybridized carbons (Fsp3) is 0.625. The molecule has 1 amide bonds. The molecule has 0 unspecified atom stereocenters. The Morgan fingerprint density at radius 2 is 1.73 bits per heavy atom. The number of oxime groups is 1. The summed E-state index contributed by atoms with van der Waals surface area (Å²) < 4.78 is 28.1. The third-order valence-corrected chi connectivity index (χ3v) is 11.9. The van der Waals surface area contributed by atoms with Crippen molar-refractivity contribution in [2.75, 3.05) is 52.4 Å². The number of amides is 1. The summed E-state index contributed by atoms with van der Waals surface area (Å²) >= 11 is 6.08. The maximum absolute atomic E-state index is 13.4. The van der Waals surface area contributed by atoms with Gasteiger partial charge in [0.25, 0.3) is 5.91 Å². The van der Waals surface area contributed by atoms with Crippen LogP contribution in [-0.4, -0.2) is 113 Å². The second-order valence-electron chi connectivity index (χ2n) is 12.7. The predicted octanol–water partition coefficient (Wildman–Crippen LogP) is 4.20. The average Bonchev–Trinajstić information content (AvgIpc) is 3.02. The van der Waals surface area contributed by atoms with Crippen LogP contribution in [-0.2, 0) is 14.9 Å². The van der Waals surface area contributed by atoms with Gasteiger partial charge in [0.15, 0.2) is 0 Å². The Morgan fingerprint density at radius 1 is 1.07 bits per heavy atom. The lowest BCUT2D eigenvalue weighted by atomic mass is 9.86. The van der Waals surface area contributed by atoms with Crippen molar-refractivity contribution in [2.24, 2.45) is 11.1 Å². The Kier molecular flexibility index (Phi) is 10.4. The average molecular weight is 660 g/mol. The number of hydrogen-bond donors (Lipinski definition) is 0. The first-order valence-electron chi connectivity index (χ1n) is 16.0. The number of carbonyl (C=O) groups is 1. The summed E-state index contributed by atoms with van der Waals surface area (Å²) in [5, 5.41) is 5.02. The minimum absolute atomic E-state index is 0.00827. The van der Waals surface area contributed by atoms with Crippen LogP contribution in [0, 0.1) is 19.8 Å². The number of rotatable bonds is 7. The zero-order valence-electron chi connectivity index (χ0n) is 27.1. The molecule has 45 heavy (non-hydrogen) atoms. The molecule has 1 atom stereocenters. The highest BCUT2D eigenvalue weighted by atomic mass is 35.5. The zero-order valence-corrected chi connectivity index (χ0v) is 28.6. The van der Waals surface area contributed by atoms with Crippen LogP contribution in [0.3, 0.4) is 0 Å². The highest BCUT2D eigenvalue weighted by Gasteiger charge is 2.42. The molecule has 3 saturated heterocycles. The van der Waals surface area contributed by atoms with Gasteiger partial charge >= 0.3 is 0 Å². The van der Waals surface area contributed by atoms with Crippen LogP contribution in [0.1, 0.15) is 68.2 Å². The maximum Gasteiger partial charge on any atom is 0.257 e. The number of carbonyl (C=O) groups excluding carboxylic acids is 1. The van der Waals surface area contributed by atoms with Crippen molar-refractivity contribution in [3.63, 3.8) is 0 Å². The van der Waals surface area contributed by atoms with E-state index in [1.807, 2.05) is 25.7 Å². The molecule has 1 aromatic carbocycles. The highest BCUT2D eigenvalue weighted by Crippen LogP contribution is 2.33. The standard InChI is InChI=1S/C32H46ClN7O4S/c1-6-44-36-30(26-10-14-39(15-11-26)45(42,43)28-9-7-8-27(33)20-28)40-19-18-38(21-23(40)2)32(5)12-16-37(17-13-32)31(41)29-24(3)34-22-35-25(29)4/h7-9,20,22-23,26H,6,10-19,21H2,1-5H3/t23-/m0/s1. The third-order valence-electron chi connectivity index (χ3n) is 9.79. The van der Waals surface area contributed by atoms with E-state index in [4.69, 9.17) is 16.4 Å². The molecule has 0 spiro atoms. The van der Waals surface area contributed by atoms with E-state index < -0.39 is 10.0 Å². The molecule has 4 heterocycles. The Balaban J connectivity index is 1.20. The Labute approximate surface area is 272 Å². The second kappa shape index (κ2) is 13.9. The van der Waals surface area contributed by atoms with E-state index in [2.05, 4.69) is 38.8 Å². The number of aryl methyl sites for hydroxylation is 2. The van der Waals surface area contributed by atoms with E-state index >= 15 is 0 Å². The molecule has 0 radical (unpaired) electrons. The van der Waals surface area contributed by atoms with Gasteiger partial charge in [-0.05, 0) is 78.5 Å². The summed E-state index contributed by atoms with van der Waals surface area (Å²) in [6.07, 6.45) is 4.65. The largest absolute Gasteiger partial charge is 0.395 e. The molecular formula is C32H46ClN7O4S. The van der Waals surface area contributed by atoms with Crippen molar-refractivity contribution in [2.45, 2.75) is 76.8 Å². The maximum atomic E-state index is 13.4. The van der Waals surface area contributed by atoms with E-state index in [9.17, 15) is 13.2 Å². The molecule has 0 aliphatic carbocycles. The van der Waals surface area contributed by atoms with Gasteiger partial charge in [-0.25, -0.2) is 18.4 Å². The highest BCUT2D eigenvalue weighted by molar-refractivity contribution is 7.89. The molecule has 0 saturated carbocycles. The lowest BCUT2D eigenvalue weighted by Gasteiger charge is -2.52. The first-order chi connectivity index (χ1) is 21.4. The minimum atomic E-state index is -3.62. The summed E-state index contributed by atoms with van der Waals surface area (Å²) in [6.45, 7) is 15.5. The fourth-order valence-corrected chi connectivity index (χ4v) is 8.75. The minimum Gasteiger partial charge on any atom is -0.395 e. The van der Waals surface area contributed by atoms with Crippen molar-refractivity contribution >= 4 is 33.4 Å². The summed E-state index contributed by atoms with van der Waals surface area (Å²) in [4.78, 5) is 34.6. The number of nitrogens with zero attached hydrogens (tertiary/aromatic N) is 7. The SMILES string of the molecule is CCON=C(C1CCN(S(=O)(=O)c2cccc(Cl)c2)CC1)N1CCN(C2(C)CCN(C(=O)c3c(C)ncnc3C)CC2)C[C@@H]1C. The molecule has 11 nitrogen and oxygen atoms in total. The Hall–Kier alpha value is -2.80. The molecule has 0 N–H and O–H groups in total. The van der Waals surface area contributed by atoms with Gasteiger partial charge in [0.1, 0.15) is 18.8 Å². The fourth-order valence-electron chi connectivity index (χ4n) is 6.98. The van der Waals surface area contributed by atoms with Gasteiger partial charge in [-0.15, -0.1) is 0 Å². The number of amidine groups is 1. The quantitative estimate of drug-likeness (QED) is 0.247. The third kappa shape index (κ3) is 7.13. The molecule has 0 bridgehead atoms. The van der Waals surface area contributed by atoms with E-state index in [-0.39, 0.29) is 28.3 Å². The van der Waals surface area contributed by atoms with Crippen molar-refractivity contribution in [3.05, 3.63) is 52.6 Å². The Morgan fingerprint density at radius 3 is 2.33 bits per heavy atom. The zero-order chi connectivity index (χ0) is 32.4. The lowest BCUT2D eigenvalue weighted by Crippen LogP contribution is -2.63. The van der Waals surface area contributed by atoms with E-state index in [0.29, 0.717) is 56.2 Å². The first-order valence-corrected chi connectivity index (χ1v) is 17.8. The van der Waals surface area contributed by atoms with Gasteiger partial charge in [0.2, 0.25) is 10.0 Å². The van der Waals surface area contributed by atoms with Gasteiger partial charge in [-0.3, -0.25) is 9.69 Å². The number of piperidine rings is 2. The molecule has 3 aliphatic heterocycles. The number of aromatic nitrogens is 2. The van der Waals surface area contributed by atoms with Crippen molar-refractivity contribution in [3.8, 4) is 0 Å². The molecule has 1 aromatic heterocycles. The number of benzene rings is 1. The smallest absolute Gasteiger partial charge is 0.257 e. The van der Waals surface area contributed by atoms with Gasteiger partial charge in [0, 0.05) is 68.3 Å². The van der Waals surface area contributed by atoms with Gasteiger partial charge < -0.3 is 14.6 Å². The molecule has 13 heteroatoms. The number of likely N-dealkylation sites (tertiary alicyclic amines) is 1. The van der Waals surface area contributed by atoms with Crippen molar-refractivity contribution < 1.29 is 18.0 Å². The second-order valence-corrected chi connectivity index (χ2v) is 15.1. The monoisotopic (exact) mass is 659 g/mol. The normalized spacial score (nSPS) is 22.4. The van der Waals surface area contributed by atoms with Crippen LogP contribution in [0.25, 0.3) is 0 Å². The summed E-state index contributed by atoms with van der Waals surface area (Å²) in [6, 6.07) is 6.65. The van der Waals surface area contributed by atoms with Crippen LogP contribution < -0.4 is 0 Å². The summed E-state index contributed by atoms with van der Waals surface area (Å²) in [5.41, 5.74) is 2.07. The molecule has 5 rings (SSSR count). The number of hydrogen-bond acceptors (Lipinski definition) is 8. The number of piperazine rings is 1. The van der Waals surface area contributed by atoms with Crippen molar-refractivity contribution in [1.29, 1.82) is 0 Å². The predicted molar refractivity (Wildman–Crippen MR) is 175 cm³/mol. The topological polar surface area (TPSA) is 112 Å². The number of sulfonamides is 1. The van der Waals surface area contributed by atoms with Crippen LogP contribution in [0.5, 0.6) is 0 Å². The number of halogens is 1. The Bertz CT molecular complexity index is 1480. The van der Waals surface area contributed by atoms with Crippen molar-refractivity contribution in [1.82, 2.24) is 29.0 Å². The van der Waals surface area contributed by atoms with Gasteiger partial charge in [-0.2, -0.15) is 4.31 Å². The first kappa shape index (κ1) is 33.6. The lowest BCUT2D eigenvalue weighted by molar-refractivity contribution is -0.00345. The van der Waals surface area contributed by atoms with E-state index in [0.717, 1.165) is 49.7 Å². The summed E-state index contributed by atoms with van der Waals surface area (Å²) in [5.74, 6) is 1.05. The molecule has 3 aliphatic rings. The van der Waals surface area contributed by atoms with Crippen LogP contribution in [0.4, 0.5) is 0 Å². The van der Waals surface area contributed by atoms with E-state index in [1.165, 1.54) is 12.4 Å². The molecular weight excluding hydrogens is 614 g/mol. The van der Waals surface area contributed by atoms with Crippen LogP contribution in [0.15, 0.2) is 40.6 Å². The van der Waals surface area contributed by atoms with Gasteiger partial charge in [0.05, 0.1) is 21.8 Å².